The van der Waals surface area contributed by atoms with Crippen LogP contribution in [0.4, 0.5) is 11.4 Å². The fourth-order valence-corrected chi connectivity index (χ4v) is 4.65. The molecule has 2 fully saturated rings. The van der Waals surface area contributed by atoms with E-state index in [1.165, 1.54) is 0 Å². The van der Waals surface area contributed by atoms with Gasteiger partial charge in [-0.05, 0) is 24.6 Å². The van der Waals surface area contributed by atoms with Crippen LogP contribution in [0.5, 0.6) is 0 Å². The Morgan fingerprint density at radius 2 is 1.76 bits per heavy atom. The van der Waals surface area contributed by atoms with Gasteiger partial charge in [0.25, 0.3) is 5.91 Å². The summed E-state index contributed by atoms with van der Waals surface area (Å²) in [5, 5.41) is 6.21. The molecule has 0 unspecified atom stereocenters. The van der Waals surface area contributed by atoms with E-state index in [1.54, 1.807) is 17.0 Å². The Kier molecular flexibility index (Phi) is 8.93. The SMILES string of the molecule is CCCCNC(=O)CN1CCN(C(=O)c2ccc(N3CCNCC3)c(NS(C)(=O)=O)c2)CC1. The smallest absolute Gasteiger partial charge is 0.254 e. The highest BCUT2D eigenvalue weighted by Crippen LogP contribution is 2.29. The molecule has 3 rings (SSSR count). The maximum atomic E-state index is 13.1. The van der Waals surface area contributed by atoms with E-state index < -0.39 is 10.0 Å². The van der Waals surface area contributed by atoms with Gasteiger partial charge in [0, 0.05) is 64.5 Å². The third-order valence-electron chi connectivity index (χ3n) is 5.88. The molecule has 0 aromatic heterocycles. The molecule has 2 heterocycles. The first kappa shape index (κ1) is 25.3. The van der Waals surface area contributed by atoms with Crippen molar-refractivity contribution in [1.29, 1.82) is 0 Å². The van der Waals surface area contributed by atoms with Crippen molar-refractivity contribution in [3.8, 4) is 0 Å². The Balaban J connectivity index is 1.63. The molecule has 10 nitrogen and oxygen atoms in total. The highest BCUT2D eigenvalue weighted by Gasteiger charge is 2.25. The molecule has 0 saturated carbocycles. The van der Waals surface area contributed by atoms with Gasteiger partial charge in [0.1, 0.15) is 0 Å². The van der Waals surface area contributed by atoms with E-state index in [2.05, 4.69) is 32.1 Å². The zero-order valence-corrected chi connectivity index (χ0v) is 20.4. The minimum atomic E-state index is -3.49. The van der Waals surface area contributed by atoms with Crippen LogP contribution in [0.15, 0.2) is 18.2 Å². The van der Waals surface area contributed by atoms with Crippen LogP contribution in [0.25, 0.3) is 0 Å². The molecule has 0 bridgehead atoms. The summed E-state index contributed by atoms with van der Waals surface area (Å²) in [6, 6.07) is 5.22. The van der Waals surface area contributed by atoms with E-state index in [0.717, 1.165) is 51.0 Å². The largest absolute Gasteiger partial charge is 0.367 e. The normalized spacial score (nSPS) is 17.6. The number of amides is 2. The molecule has 0 spiro atoms. The van der Waals surface area contributed by atoms with Gasteiger partial charge in [-0.1, -0.05) is 13.3 Å². The highest BCUT2D eigenvalue weighted by molar-refractivity contribution is 7.92. The maximum absolute atomic E-state index is 13.1. The zero-order chi connectivity index (χ0) is 23.8. The van der Waals surface area contributed by atoms with Gasteiger partial charge in [-0.2, -0.15) is 0 Å². The Labute approximate surface area is 196 Å². The van der Waals surface area contributed by atoms with Gasteiger partial charge in [-0.3, -0.25) is 19.2 Å². The van der Waals surface area contributed by atoms with Crippen LogP contribution in [0.3, 0.4) is 0 Å². The fraction of sp³-hybridized carbons (Fsp3) is 0.636. The molecule has 11 heteroatoms. The molecule has 3 N–H and O–H groups in total. The molecule has 2 aliphatic rings. The fourth-order valence-electron chi connectivity index (χ4n) is 4.09. The summed E-state index contributed by atoms with van der Waals surface area (Å²) >= 11 is 0. The van der Waals surface area contributed by atoms with Crippen molar-refractivity contribution in [1.82, 2.24) is 20.4 Å². The van der Waals surface area contributed by atoms with Crippen LogP contribution in [-0.4, -0.2) is 102 Å². The number of carbonyl (C=O) groups excluding carboxylic acids is 2. The quantitative estimate of drug-likeness (QED) is 0.431. The number of sulfonamides is 1. The number of nitrogens with one attached hydrogen (secondary N) is 3. The summed E-state index contributed by atoms with van der Waals surface area (Å²) in [5.74, 6) is -0.117. The van der Waals surface area contributed by atoms with Gasteiger partial charge in [-0.25, -0.2) is 8.42 Å². The number of carbonyl (C=O) groups is 2. The standard InChI is InChI=1S/C22H36N6O4S/c1-3-4-7-24-21(29)17-26-12-14-28(15-13-26)22(30)18-5-6-20(27-10-8-23-9-11-27)19(16-18)25-33(2,31)32/h5-6,16,23,25H,3-4,7-15,17H2,1-2H3,(H,24,29). The minimum absolute atomic E-state index is 0.0169. The van der Waals surface area contributed by atoms with Crippen LogP contribution in [0.2, 0.25) is 0 Å². The average Bonchev–Trinajstić information content (AvgIpc) is 2.79. The first-order valence-electron chi connectivity index (χ1n) is 11.6. The van der Waals surface area contributed by atoms with E-state index in [1.807, 2.05) is 6.07 Å². The Hall–Kier alpha value is -2.37. The first-order valence-corrected chi connectivity index (χ1v) is 13.5. The zero-order valence-electron chi connectivity index (χ0n) is 19.6. The van der Waals surface area contributed by atoms with Crippen molar-refractivity contribution in [2.24, 2.45) is 0 Å². The summed E-state index contributed by atoms with van der Waals surface area (Å²) in [6.07, 6.45) is 3.12. The summed E-state index contributed by atoms with van der Waals surface area (Å²) in [5.41, 5.74) is 1.65. The van der Waals surface area contributed by atoms with Gasteiger partial charge in [0.15, 0.2) is 0 Å². The lowest BCUT2D eigenvalue weighted by atomic mass is 10.1. The predicted molar refractivity (Wildman–Crippen MR) is 130 cm³/mol. The van der Waals surface area contributed by atoms with Crippen LogP contribution in [0.1, 0.15) is 30.1 Å². The van der Waals surface area contributed by atoms with Gasteiger partial charge >= 0.3 is 0 Å². The molecular formula is C22H36N6O4S. The number of benzene rings is 1. The maximum Gasteiger partial charge on any atom is 0.254 e. The molecule has 33 heavy (non-hydrogen) atoms. The molecule has 1 aromatic carbocycles. The summed E-state index contributed by atoms with van der Waals surface area (Å²) < 4.78 is 26.5. The second-order valence-corrected chi connectivity index (χ2v) is 10.4. The third-order valence-corrected chi connectivity index (χ3v) is 6.47. The minimum Gasteiger partial charge on any atom is -0.367 e. The van der Waals surface area contributed by atoms with Crippen LogP contribution < -0.4 is 20.3 Å². The van der Waals surface area contributed by atoms with Crippen molar-refractivity contribution >= 4 is 33.2 Å². The van der Waals surface area contributed by atoms with Crippen molar-refractivity contribution < 1.29 is 18.0 Å². The molecule has 2 amide bonds. The molecule has 2 saturated heterocycles. The number of hydrogen-bond acceptors (Lipinski definition) is 7. The predicted octanol–water partition coefficient (Wildman–Crippen LogP) is 0.142. The molecule has 1 aromatic rings. The van der Waals surface area contributed by atoms with E-state index >= 15 is 0 Å². The lowest BCUT2D eigenvalue weighted by Crippen LogP contribution is -2.51. The van der Waals surface area contributed by atoms with Gasteiger partial charge < -0.3 is 20.4 Å². The summed E-state index contributed by atoms with van der Waals surface area (Å²) in [6.45, 7) is 8.58. The number of unbranched alkanes of at least 4 members (excludes halogenated alkanes) is 1. The Morgan fingerprint density at radius 1 is 1.06 bits per heavy atom. The van der Waals surface area contributed by atoms with Crippen molar-refractivity contribution in [2.75, 3.05) is 81.3 Å². The number of nitrogens with zero attached hydrogens (tertiary/aromatic N) is 3. The Morgan fingerprint density at radius 3 is 2.39 bits per heavy atom. The molecule has 0 atom stereocenters. The molecule has 2 aliphatic heterocycles. The van der Waals surface area contributed by atoms with Crippen molar-refractivity contribution in [2.45, 2.75) is 19.8 Å². The summed E-state index contributed by atoms with van der Waals surface area (Å²) in [4.78, 5) is 31.1. The lowest BCUT2D eigenvalue weighted by Gasteiger charge is -2.35. The number of piperazine rings is 2. The van der Waals surface area contributed by atoms with E-state index in [-0.39, 0.29) is 11.8 Å². The van der Waals surface area contributed by atoms with Crippen LogP contribution >= 0.6 is 0 Å². The Bertz CT molecular complexity index is 925. The molecule has 0 radical (unpaired) electrons. The topological polar surface area (TPSA) is 114 Å². The van der Waals surface area contributed by atoms with Gasteiger partial charge in [-0.15, -0.1) is 0 Å². The van der Waals surface area contributed by atoms with Crippen LogP contribution in [0, 0.1) is 0 Å². The summed E-state index contributed by atoms with van der Waals surface area (Å²) in [7, 11) is -3.49. The monoisotopic (exact) mass is 480 g/mol. The van der Waals surface area contributed by atoms with E-state index in [4.69, 9.17) is 0 Å². The van der Waals surface area contributed by atoms with E-state index in [0.29, 0.717) is 50.5 Å². The lowest BCUT2D eigenvalue weighted by molar-refractivity contribution is -0.122. The average molecular weight is 481 g/mol. The van der Waals surface area contributed by atoms with Crippen molar-refractivity contribution in [3.05, 3.63) is 23.8 Å². The number of rotatable bonds is 9. The second-order valence-electron chi connectivity index (χ2n) is 8.62. The highest BCUT2D eigenvalue weighted by atomic mass is 32.2. The van der Waals surface area contributed by atoms with Crippen LogP contribution in [-0.2, 0) is 14.8 Å². The first-order chi connectivity index (χ1) is 15.8. The third kappa shape index (κ3) is 7.58. The van der Waals surface area contributed by atoms with Gasteiger partial charge in [0.2, 0.25) is 15.9 Å². The molecule has 0 aliphatic carbocycles. The van der Waals surface area contributed by atoms with Crippen molar-refractivity contribution in [3.63, 3.8) is 0 Å². The second kappa shape index (κ2) is 11.7. The molecular weight excluding hydrogens is 444 g/mol. The molecule has 184 valence electrons. The van der Waals surface area contributed by atoms with E-state index in [9.17, 15) is 18.0 Å². The van der Waals surface area contributed by atoms with Gasteiger partial charge in [0.05, 0.1) is 24.2 Å². The number of anilines is 2. The number of hydrogen-bond donors (Lipinski definition) is 3.